The summed E-state index contributed by atoms with van der Waals surface area (Å²) in [5, 5.41) is 10.5. The average Bonchev–Trinajstić information content (AvgIpc) is 3.27. The fourth-order valence-electron chi connectivity index (χ4n) is 4.47. The molecule has 160 valence electrons. The van der Waals surface area contributed by atoms with Crippen molar-refractivity contribution in [3.63, 3.8) is 0 Å². The van der Waals surface area contributed by atoms with Crippen molar-refractivity contribution in [3.8, 4) is 23.0 Å². The van der Waals surface area contributed by atoms with Gasteiger partial charge in [0.15, 0.2) is 11.5 Å². The van der Waals surface area contributed by atoms with Gasteiger partial charge in [0.2, 0.25) is 0 Å². The molecule has 6 heteroatoms. The lowest BCUT2D eigenvalue weighted by atomic mass is 10.1. The number of phenolic OH excluding ortho intramolecular Hbond substituents is 1. The van der Waals surface area contributed by atoms with Crippen LogP contribution in [0, 0.1) is 0 Å². The zero-order valence-electron chi connectivity index (χ0n) is 17.7. The molecule has 6 nitrogen and oxygen atoms in total. The van der Waals surface area contributed by atoms with Gasteiger partial charge < -0.3 is 24.4 Å². The first-order valence-corrected chi connectivity index (χ1v) is 10.7. The molecular weight excluding hydrogens is 390 g/mol. The molecule has 1 N–H and O–H groups in total. The van der Waals surface area contributed by atoms with E-state index in [2.05, 4.69) is 26.8 Å². The number of phenols is 1. The van der Waals surface area contributed by atoms with Crippen LogP contribution in [0.2, 0.25) is 0 Å². The molecule has 0 unspecified atom stereocenters. The Labute approximate surface area is 182 Å². The standard InChI is InChI=1S/C25H27N3O3/c1-30-22-11-4-2-8-19(22)27-17-16-26(18-27)14-7-15-28-20-9-3-5-12-23(20)31-24-13-6-10-21(29)25(24)28/h2-6,8-13,29H,7,14-18H2,1H3. The molecule has 5 rings (SSSR count). The van der Waals surface area contributed by atoms with E-state index >= 15 is 0 Å². The Morgan fingerprint density at radius 3 is 2.52 bits per heavy atom. The predicted octanol–water partition coefficient (Wildman–Crippen LogP) is 4.81. The molecule has 1 fully saturated rings. The lowest BCUT2D eigenvalue weighted by Gasteiger charge is -2.33. The van der Waals surface area contributed by atoms with Gasteiger partial charge in [0.25, 0.3) is 0 Å². The monoisotopic (exact) mass is 417 g/mol. The Morgan fingerprint density at radius 1 is 0.871 bits per heavy atom. The number of ether oxygens (including phenoxy) is 2. The summed E-state index contributed by atoms with van der Waals surface area (Å²) in [4.78, 5) is 7.01. The average molecular weight is 418 g/mol. The number of hydrogen-bond donors (Lipinski definition) is 1. The molecule has 0 atom stereocenters. The van der Waals surface area contributed by atoms with Crippen molar-refractivity contribution < 1.29 is 14.6 Å². The van der Waals surface area contributed by atoms with Gasteiger partial charge in [0, 0.05) is 26.2 Å². The van der Waals surface area contributed by atoms with E-state index in [4.69, 9.17) is 9.47 Å². The van der Waals surface area contributed by atoms with E-state index in [0.29, 0.717) is 5.75 Å². The maximum atomic E-state index is 10.5. The van der Waals surface area contributed by atoms with Gasteiger partial charge in [-0.1, -0.05) is 30.3 Å². The summed E-state index contributed by atoms with van der Waals surface area (Å²) < 4.78 is 11.6. The number of hydrogen-bond acceptors (Lipinski definition) is 6. The summed E-state index contributed by atoms with van der Waals surface area (Å²) in [6, 6.07) is 21.6. The van der Waals surface area contributed by atoms with Crippen LogP contribution in [0.4, 0.5) is 17.1 Å². The Bertz CT molecular complexity index is 1070. The molecule has 31 heavy (non-hydrogen) atoms. The van der Waals surface area contributed by atoms with Crippen LogP contribution in [0.5, 0.6) is 23.0 Å². The fourth-order valence-corrected chi connectivity index (χ4v) is 4.47. The molecule has 2 heterocycles. The number of aromatic hydroxyl groups is 1. The molecule has 0 bridgehead atoms. The van der Waals surface area contributed by atoms with Gasteiger partial charge >= 0.3 is 0 Å². The first-order chi connectivity index (χ1) is 15.2. The fraction of sp³-hybridized carbons (Fsp3) is 0.280. The smallest absolute Gasteiger partial charge is 0.155 e. The van der Waals surface area contributed by atoms with Gasteiger partial charge in [-0.05, 0) is 42.8 Å². The maximum absolute atomic E-state index is 10.5. The lowest BCUT2D eigenvalue weighted by molar-refractivity contribution is 0.337. The molecule has 0 amide bonds. The topological polar surface area (TPSA) is 48.4 Å². The molecule has 0 spiro atoms. The van der Waals surface area contributed by atoms with Crippen molar-refractivity contribution >= 4 is 17.1 Å². The molecule has 3 aromatic rings. The van der Waals surface area contributed by atoms with Crippen molar-refractivity contribution in [2.45, 2.75) is 6.42 Å². The zero-order valence-corrected chi connectivity index (χ0v) is 17.7. The van der Waals surface area contributed by atoms with Crippen LogP contribution < -0.4 is 19.3 Å². The third-order valence-electron chi connectivity index (χ3n) is 5.96. The van der Waals surface area contributed by atoms with Crippen LogP contribution in [-0.2, 0) is 0 Å². The van der Waals surface area contributed by atoms with Crippen molar-refractivity contribution in [1.29, 1.82) is 0 Å². The van der Waals surface area contributed by atoms with Crippen molar-refractivity contribution in [3.05, 3.63) is 66.7 Å². The van der Waals surface area contributed by atoms with Gasteiger partial charge in [0.05, 0.1) is 25.2 Å². The van der Waals surface area contributed by atoms with Gasteiger partial charge in [-0.2, -0.15) is 0 Å². The number of rotatable bonds is 6. The van der Waals surface area contributed by atoms with Gasteiger partial charge in [0.1, 0.15) is 17.2 Å². The lowest BCUT2D eigenvalue weighted by Crippen LogP contribution is -2.29. The Kier molecular flexibility index (Phi) is 5.30. The number of nitrogens with zero attached hydrogens (tertiary/aromatic N) is 3. The molecule has 1 saturated heterocycles. The van der Waals surface area contributed by atoms with Gasteiger partial charge in [-0.3, -0.25) is 4.90 Å². The number of methoxy groups -OCH3 is 1. The Morgan fingerprint density at radius 2 is 1.65 bits per heavy atom. The highest BCUT2D eigenvalue weighted by Gasteiger charge is 2.27. The predicted molar refractivity (Wildman–Crippen MR) is 123 cm³/mol. The van der Waals surface area contributed by atoms with Crippen LogP contribution in [0.3, 0.4) is 0 Å². The quantitative estimate of drug-likeness (QED) is 0.621. The van der Waals surface area contributed by atoms with E-state index in [1.165, 1.54) is 0 Å². The third kappa shape index (κ3) is 3.75. The Hall–Kier alpha value is -3.38. The Balaban J connectivity index is 1.26. The highest BCUT2D eigenvalue weighted by molar-refractivity contribution is 5.81. The van der Waals surface area contributed by atoms with Gasteiger partial charge in [-0.25, -0.2) is 0 Å². The number of fused-ring (bicyclic) bond motifs is 2. The highest BCUT2D eigenvalue weighted by Crippen LogP contribution is 2.50. The summed E-state index contributed by atoms with van der Waals surface area (Å²) in [5.41, 5.74) is 2.89. The SMILES string of the molecule is COc1ccccc1N1CCN(CCCN2c3ccccc3Oc3cccc(O)c32)C1. The molecule has 0 radical (unpaired) electrons. The van der Waals surface area contributed by atoms with E-state index < -0.39 is 0 Å². The van der Waals surface area contributed by atoms with E-state index in [9.17, 15) is 5.11 Å². The van der Waals surface area contributed by atoms with Crippen LogP contribution in [0.25, 0.3) is 0 Å². The minimum absolute atomic E-state index is 0.246. The molecular formula is C25H27N3O3. The summed E-state index contributed by atoms with van der Waals surface area (Å²) in [6.45, 7) is 4.69. The minimum Gasteiger partial charge on any atom is -0.506 e. The number of anilines is 3. The summed E-state index contributed by atoms with van der Waals surface area (Å²) in [5.74, 6) is 2.68. The second kappa shape index (κ2) is 8.40. The number of benzene rings is 3. The molecule has 2 aliphatic heterocycles. The van der Waals surface area contributed by atoms with Crippen LogP contribution in [0.1, 0.15) is 6.42 Å². The van der Waals surface area contributed by atoms with Gasteiger partial charge in [-0.15, -0.1) is 0 Å². The normalized spacial score (nSPS) is 15.4. The minimum atomic E-state index is 0.246. The molecule has 0 saturated carbocycles. The summed E-state index contributed by atoms with van der Waals surface area (Å²) >= 11 is 0. The zero-order chi connectivity index (χ0) is 21.2. The maximum Gasteiger partial charge on any atom is 0.155 e. The third-order valence-corrected chi connectivity index (χ3v) is 5.96. The summed E-state index contributed by atoms with van der Waals surface area (Å²) in [6.07, 6.45) is 0.974. The van der Waals surface area contributed by atoms with Crippen molar-refractivity contribution in [2.24, 2.45) is 0 Å². The van der Waals surface area contributed by atoms with Crippen molar-refractivity contribution in [1.82, 2.24) is 4.90 Å². The van der Waals surface area contributed by atoms with E-state index in [0.717, 1.165) is 67.8 Å². The van der Waals surface area contributed by atoms with E-state index in [1.54, 1.807) is 13.2 Å². The number of para-hydroxylation sites is 5. The van der Waals surface area contributed by atoms with E-state index in [-0.39, 0.29) is 5.75 Å². The first-order valence-electron chi connectivity index (χ1n) is 10.7. The first kappa shape index (κ1) is 19.6. The molecule has 3 aromatic carbocycles. The second-order valence-corrected chi connectivity index (χ2v) is 7.89. The van der Waals surface area contributed by atoms with Crippen LogP contribution >= 0.6 is 0 Å². The second-order valence-electron chi connectivity index (χ2n) is 7.89. The van der Waals surface area contributed by atoms with Crippen LogP contribution in [0.15, 0.2) is 66.7 Å². The summed E-state index contributed by atoms with van der Waals surface area (Å²) in [7, 11) is 1.72. The molecule has 0 aliphatic carbocycles. The molecule has 2 aliphatic rings. The molecule has 0 aromatic heterocycles. The van der Waals surface area contributed by atoms with Crippen molar-refractivity contribution in [2.75, 3.05) is 49.8 Å². The van der Waals surface area contributed by atoms with Crippen LogP contribution in [-0.4, -0.2) is 50.0 Å². The highest BCUT2D eigenvalue weighted by atomic mass is 16.5. The largest absolute Gasteiger partial charge is 0.506 e. The van der Waals surface area contributed by atoms with E-state index in [1.807, 2.05) is 48.5 Å².